The van der Waals surface area contributed by atoms with Gasteiger partial charge >= 0.3 is 5.97 Å². The Bertz CT molecular complexity index is 197. The third-order valence-electron chi connectivity index (χ3n) is 1.75. The van der Waals surface area contributed by atoms with Crippen LogP contribution in [0.2, 0.25) is 0 Å². The van der Waals surface area contributed by atoms with Gasteiger partial charge in [-0.1, -0.05) is 6.08 Å². The molecule has 1 aliphatic carbocycles. The van der Waals surface area contributed by atoms with Gasteiger partial charge in [-0.25, -0.2) is 4.79 Å². The van der Waals surface area contributed by atoms with Crippen LogP contribution in [0.5, 0.6) is 0 Å². The fourth-order valence-corrected chi connectivity index (χ4v) is 1.04. The molecule has 4 heteroatoms. The first-order valence-corrected chi connectivity index (χ1v) is 3.39. The summed E-state index contributed by atoms with van der Waals surface area (Å²) in [4.78, 5) is 10.3. The van der Waals surface area contributed by atoms with E-state index in [1.165, 1.54) is 6.08 Å². The van der Waals surface area contributed by atoms with Crippen molar-refractivity contribution in [3.05, 3.63) is 11.6 Å². The van der Waals surface area contributed by atoms with E-state index in [1.807, 2.05) is 0 Å². The van der Waals surface area contributed by atoms with Crippen LogP contribution in [0.4, 0.5) is 0 Å². The van der Waals surface area contributed by atoms with Crippen molar-refractivity contribution in [3.63, 3.8) is 0 Å². The molecule has 0 aromatic rings. The minimum absolute atomic E-state index is 0.0382. The molecule has 3 N–H and O–H groups in total. The van der Waals surface area contributed by atoms with Gasteiger partial charge in [0.25, 0.3) is 0 Å². The molecule has 11 heavy (non-hydrogen) atoms. The highest BCUT2D eigenvalue weighted by Crippen LogP contribution is 2.18. The first-order valence-electron chi connectivity index (χ1n) is 3.39. The lowest BCUT2D eigenvalue weighted by atomic mass is 9.95. The van der Waals surface area contributed by atoms with Gasteiger partial charge < -0.3 is 15.3 Å². The molecule has 62 valence electrons. The van der Waals surface area contributed by atoms with Crippen molar-refractivity contribution in [3.8, 4) is 0 Å². The fourth-order valence-electron chi connectivity index (χ4n) is 1.04. The summed E-state index contributed by atoms with van der Waals surface area (Å²) in [5.74, 6) is -1.02. The SMILES string of the molecule is O=C(O)C1=CC[C@@H](O)C(O)C1. The molecule has 0 saturated carbocycles. The Balaban J connectivity index is 2.66. The fraction of sp³-hybridized carbons (Fsp3) is 0.571. The molecule has 0 aliphatic heterocycles. The second-order valence-corrected chi connectivity index (χ2v) is 2.61. The molecule has 0 bridgehead atoms. The van der Waals surface area contributed by atoms with Crippen LogP contribution in [0.15, 0.2) is 11.6 Å². The molecular formula is C7H10O4. The highest BCUT2D eigenvalue weighted by Gasteiger charge is 2.24. The molecule has 1 aliphatic rings. The van der Waals surface area contributed by atoms with E-state index >= 15 is 0 Å². The summed E-state index contributed by atoms with van der Waals surface area (Å²) in [6.07, 6.45) is -0.0249. The average Bonchev–Trinajstić information content (AvgIpc) is 1.94. The van der Waals surface area contributed by atoms with E-state index in [4.69, 9.17) is 15.3 Å². The summed E-state index contributed by atoms with van der Waals surface area (Å²) < 4.78 is 0. The van der Waals surface area contributed by atoms with Crippen molar-refractivity contribution in [1.82, 2.24) is 0 Å². The molecule has 1 unspecified atom stereocenters. The second kappa shape index (κ2) is 3.02. The van der Waals surface area contributed by atoms with E-state index in [9.17, 15) is 4.79 Å². The van der Waals surface area contributed by atoms with E-state index in [1.54, 1.807) is 0 Å². The highest BCUT2D eigenvalue weighted by atomic mass is 16.4. The molecule has 0 heterocycles. The molecule has 0 radical (unpaired) electrons. The number of aliphatic carboxylic acids is 1. The van der Waals surface area contributed by atoms with Gasteiger partial charge in [0, 0.05) is 12.0 Å². The lowest BCUT2D eigenvalue weighted by Crippen LogP contribution is -2.30. The molecule has 0 aromatic carbocycles. The van der Waals surface area contributed by atoms with Crippen LogP contribution in [0.25, 0.3) is 0 Å². The zero-order valence-electron chi connectivity index (χ0n) is 5.90. The lowest BCUT2D eigenvalue weighted by Gasteiger charge is -2.21. The number of carboxylic acid groups (broad SMARTS) is 1. The van der Waals surface area contributed by atoms with E-state index in [-0.39, 0.29) is 18.4 Å². The summed E-state index contributed by atoms with van der Waals surface area (Å²) >= 11 is 0. The monoisotopic (exact) mass is 158 g/mol. The lowest BCUT2D eigenvalue weighted by molar-refractivity contribution is -0.133. The van der Waals surface area contributed by atoms with E-state index in [0.29, 0.717) is 0 Å². The largest absolute Gasteiger partial charge is 0.478 e. The van der Waals surface area contributed by atoms with Gasteiger partial charge in [-0.05, 0) is 6.42 Å². The molecular weight excluding hydrogens is 148 g/mol. The van der Waals surface area contributed by atoms with Crippen molar-refractivity contribution in [2.75, 3.05) is 0 Å². The van der Waals surface area contributed by atoms with Crippen molar-refractivity contribution in [2.45, 2.75) is 25.0 Å². The zero-order chi connectivity index (χ0) is 8.43. The van der Waals surface area contributed by atoms with Crippen LogP contribution < -0.4 is 0 Å². The van der Waals surface area contributed by atoms with Crippen molar-refractivity contribution < 1.29 is 20.1 Å². The molecule has 0 aromatic heterocycles. The normalized spacial score (nSPS) is 31.3. The summed E-state index contributed by atoms with van der Waals surface area (Å²) in [6.45, 7) is 0. The van der Waals surface area contributed by atoms with Crippen LogP contribution in [0.1, 0.15) is 12.8 Å². The summed E-state index contributed by atoms with van der Waals surface area (Å²) in [6, 6.07) is 0. The Hall–Kier alpha value is -0.870. The van der Waals surface area contributed by atoms with Crippen LogP contribution in [-0.2, 0) is 4.79 Å². The average molecular weight is 158 g/mol. The maximum atomic E-state index is 10.3. The van der Waals surface area contributed by atoms with Gasteiger partial charge in [-0.15, -0.1) is 0 Å². The Morgan fingerprint density at radius 2 is 2.09 bits per heavy atom. The predicted molar refractivity (Wildman–Crippen MR) is 37.0 cm³/mol. The van der Waals surface area contributed by atoms with Crippen LogP contribution in [-0.4, -0.2) is 33.5 Å². The number of hydrogen-bond donors (Lipinski definition) is 3. The van der Waals surface area contributed by atoms with Gasteiger partial charge in [0.1, 0.15) is 0 Å². The van der Waals surface area contributed by atoms with Crippen molar-refractivity contribution in [1.29, 1.82) is 0 Å². The Morgan fingerprint density at radius 3 is 2.55 bits per heavy atom. The topological polar surface area (TPSA) is 77.8 Å². The van der Waals surface area contributed by atoms with Gasteiger partial charge in [0.15, 0.2) is 0 Å². The number of rotatable bonds is 1. The second-order valence-electron chi connectivity index (χ2n) is 2.61. The molecule has 0 fully saturated rings. The van der Waals surface area contributed by atoms with Gasteiger partial charge in [0.05, 0.1) is 12.2 Å². The first-order chi connectivity index (χ1) is 5.11. The van der Waals surface area contributed by atoms with E-state index in [0.717, 1.165) is 0 Å². The van der Waals surface area contributed by atoms with E-state index in [2.05, 4.69) is 0 Å². The van der Waals surface area contributed by atoms with Gasteiger partial charge in [-0.2, -0.15) is 0 Å². The Morgan fingerprint density at radius 1 is 1.45 bits per heavy atom. The molecule has 4 nitrogen and oxygen atoms in total. The number of hydrogen-bond acceptors (Lipinski definition) is 3. The van der Waals surface area contributed by atoms with E-state index < -0.39 is 18.2 Å². The van der Waals surface area contributed by atoms with Crippen LogP contribution >= 0.6 is 0 Å². The third kappa shape index (κ3) is 1.78. The van der Waals surface area contributed by atoms with Gasteiger partial charge in [0.2, 0.25) is 0 Å². The maximum Gasteiger partial charge on any atom is 0.331 e. The van der Waals surface area contributed by atoms with Crippen molar-refractivity contribution >= 4 is 5.97 Å². The molecule has 2 atom stereocenters. The van der Waals surface area contributed by atoms with Crippen LogP contribution in [0, 0.1) is 0 Å². The molecule has 1 rings (SSSR count). The summed E-state index contributed by atoms with van der Waals surface area (Å²) in [5.41, 5.74) is 0.183. The number of carbonyl (C=O) groups is 1. The maximum absolute atomic E-state index is 10.3. The smallest absolute Gasteiger partial charge is 0.331 e. The van der Waals surface area contributed by atoms with Gasteiger partial charge in [-0.3, -0.25) is 0 Å². The zero-order valence-corrected chi connectivity index (χ0v) is 5.90. The summed E-state index contributed by atoms with van der Waals surface area (Å²) in [5, 5.41) is 26.5. The van der Waals surface area contributed by atoms with Crippen LogP contribution in [0.3, 0.4) is 0 Å². The standard InChI is InChI=1S/C7H10O4/c8-5-2-1-4(7(10)11)3-6(5)9/h1,5-6,8-9H,2-3H2,(H,10,11)/t5-,6?/m1/s1. The molecule has 0 saturated heterocycles. The summed E-state index contributed by atoms with van der Waals surface area (Å²) in [7, 11) is 0. The number of aliphatic hydroxyl groups excluding tert-OH is 2. The minimum atomic E-state index is -1.02. The predicted octanol–water partition coefficient (Wildman–Crippen LogP) is -0.487. The molecule has 0 amide bonds. The Kier molecular flexibility index (Phi) is 2.26. The first kappa shape index (κ1) is 8.23. The van der Waals surface area contributed by atoms with Crippen molar-refractivity contribution in [2.24, 2.45) is 0 Å². The number of aliphatic hydroxyl groups is 2. The highest BCUT2D eigenvalue weighted by molar-refractivity contribution is 5.86. The third-order valence-corrected chi connectivity index (χ3v) is 1.75. The molecule has 0 spiro atoms. The quantitative estimate of drug-likeness (QED) is 0.481. The minimum Gasteiger partial charge on any atom is -0.478 e. The number of carboxylic acids is 1. The Labute approximate surface area is 63.8 Å².